The minimum Gasteiger partial charge on any atom is -0.492 e. The van der Waals surface area contributed by atoms with Crippen LogP contribution < -0.4 is 19.5 Å². The molecule has 0 saturated heterocycles. The lowest BCUT2D eigenvalue weighted by Gasteiger charge is -2.36. The Morgan fingerprint density at radius 2 is 1.80 bits per heavy atom. The summed E-state index contributed by atoms with van der Waals surface area (Å²) in [5, 5.41) is 4.64. The van der Waals surface area contributed by atoms with E-state index in [4.69, 9.17) is 9.47 Å². The third-order valence-electron chi connectivity index (χ3n) is 7.52. The van der Waals surface area contributed by atoms with Gasteiger partial charge in [-0.1, -0.05) is 19.9 Å². The maximum atomic E-state index is 13.4. The summed E-state index contributed by atoms with van der Waals surface area (Å²) < 4.78 is 40.9. The Labute approximate surface area is 210 Å². The second kappa shape index (κ2) is 9.46. The van der Waals surface area contributed by atoms with Gasteiger partial charge in [-0.25, -0.2) is 8.42 Å². The fourth-order valence-corrected chi connectivity index (χ4v) is 8.03. The lowest BCUT2D eigenvalue weighted by atomic mass is 9.70. The molecule has 2 aliphatic rings. The van der Waals surface area contributed by atoms with E-state index in [-0.39, 0.29) is 46.8 Å². The van der Waals surface area contributed by atoms with E-state index in [1.807, 2.05) is 19.2 Å². The Bertz CT molecular complexity index is 1220. The van der Waals surface area contributed by atoms with Crippen LogP contribution in [0.2, 0.25) is 0 Å². The molecular formula is C25H32N2O6S2. The van der Waals surface area contributed by atoms with Gasteiger partial charge >= 0.3 is 0 Å². The van der Waals surface area contributed by atoms with Crippen LogP contribution in [0.15, 0.2) is 29.6 Å². The largest absolute Gasteiger partial charge is 0.492 e. The van der Waals surface area contributed by atoms with E-state index in [9.17, 15) is 18.0 Å². The number of nitrogens with one attached hydrogen (secondary N) is 2. The molecule has 10 heteroatoms. The molecule has 2 bridgehead atoms. The molecule has 35 heavy (non-hydrogen) atoms. The van der Waals surface area contributed by atoms with Gasteiger partial charge in [-0.2, -0.15) is 0 Å². The summed E-state index contributed by atoms with van der Waals surface area (Å²) in [5.41, 5.74) is -0.666. The number of hydrogen-bond acceptors (Lipinski definition) is 7. The van der Waals surface area contributed by atoms with E-state index >= 15 is 0 Å². The molecule has 1 aromatic heterocycles. The van der Waals surface area contributed by atoms with Crippen molar-refractivity contribution in [3.05, 3.63) is 34.5 Å². The van der Waals surface area contributed by atoms with Gasteiger partial charge in [-0.15, -0.1) is 11.3 Å². The highest BCUT2D eigenvalue weighted by molar-refractivity contribution is 7.92. The zero-order chi connectivity index (χ0) is 25.4. The Balaban J connectivity index is 1.65. The fraction of sp³-hybridized carbons (Fsp3) is 0.520. The standard InChI is InChI=1S/C25H32N2O6S2/c1-5-32-19-14-18(20(33-6-2)13-17(19)26-23(29)21-8-7-11-34-21)27-35(30,31)15-25-10-9-16(12-22(25)28)24(25,3)4/h7-8,11,13-14,16,27H,5-6,9-10,12,15H2,1-4H3,(H,26,29). The van der Waals surface area contributed by atoms with Crippen molar-refractivity contribution in [3.63, 3.8) is 0 Å². The van der Waals surface area contributed by atoms with Crippen LogP contribution in [0.4, 0.5) is 11.4 Å². The summed E-state index contributed by atoms with van der Waals surface area (Å²) in [5.74, 6) is 0.272. The summed E-state index contributed by atoms with van der Waals surface area (Å²) in [6, 6.07) is 6.58. The highest BCUT2D eigenvalue weighted by Crippen LogP contribution is 2.64. The van der Waals surface area contributed by atoms with Crippen molar-refractivity contribution in [2.24, 2.45) is 16.7 Å². The van der Waals surface area contributed by atoms with Gasteiger partial charge in [-0.05, 0) is 49.5 Å². The first-order chi connectivity index (χ1) is 16.5. The molecule has 0 spiro atoms. The van der Waals surface area contributed by atoms with Gasteiger partial charge in [0.1, 0.15) is 17.3 Å². The first-order valence-electron chi connectivity index (χ1n) is 11.8. The highest BCUT2D eigenvalue weighted by atomic mass is 32.2. The summed E-state index contributed by atoms with van der Waals surface area (Å²) in [7, 11) is -3.90. The van der Waals surface area contributed by atoms with Gasteiger partial charge in [0.05, 0.1) is 40.6 Å². The van der Waals surface area contributed by atoms with Gasteiger partial charge in [0.2, 0.25) is 10.0 Å². The summed E-state index contributed by atoms with van der Waals surface area (Å²) >= 11 is 1.31. The Hall–Kier alpha value is -2.59. The van der Waals surface area contributed by atoms with Crippen LogP contribution in [0.1, 0.15) is 56.6 Å². The minimum absolute atomic E-state index is 0.0378. The van der Waals surface area contributed by atoms with Gasteiger partial charge in [0.25, 0.3) is 5.91 Å². The topological polar surface area (TPSA) is 111 Å². The Morgan fingerprint density at radius 1 is 1.14 bits per heavy atom. The normalized spacial score (nSPS) is 22.7. The van der Waals surface area contributed by atoms with Crippen LogP contribution in [0, 0.1) is 16.7 Å². The van der Waals surface area contributed by atoms with Crippen LogP contribution >= 0.6 is 11.3 Å². The van der Waals surface area contributed by atoms with Crippen LogP contribution in [-0.2, 0) is 14.8 Å². The predicted octanol–water partition coefficient (Wildman–Crippen LogP) is 4.93. The molecule has 2 saturated carbocycles. The van der Waals surface area contributed by atoms with Crippen molar-refractivity contribution in [2.75, 3.05) is 29.0 Å². The maximum Gasteiger partial charge on any atom is 0.265 e. The molecule has 8 nitrogen and oxygen atoms in total. The number of carbonyl (C=O) groups is 2. The molecular weight excluding hydrogens is 488 g/mol. The predicted molar refractivity (Wildman–Crippen MR) is 137 cm³/mol. The SMILES string of the molecule is CCOc1cc(NS(=O)(=O)CC23CCC(CC2=O)C3(C)C)c(OCC)cc1NC(=O)c1cccs1. The minimum atomic E-state index is -3.90. The molecule has 2 unspecified atom stereocenters. The van der Waals surface area contributed by atoms with Gasteiger partial charge in [0, 0.05) is 18.6 Å². The average Bonchev–Trinajstić information content (AvgIpc) is 3.44. The van der Waals surface area contributed by atoms with E-state index < -0.39 is 15.4 Å². The molecule has 190 valence electrons. The molecule has 2 aliphatic carbocycles. The van der Waals surface area contributed by atoms with Gasteiger partial charge in [0.15, 0.2) is 0 Å². The first-order valence-corrected chi connectivity index (χ1v) is 14.4. The second-order valence-electron chi connectivity index (χ2n) is 9.67. The molecule has 2 aromatic rings. The number of ketones is 1. The smallest absolute Gasteiger partial charge is 0.265 e. The number of fused-ring (bicyclic) bond motifs is 2. The first kappa shape index (κ1) is 25.5. The molecule has 1 amide bonds. The lowest BCUT2D eigenvalue weighted by molar-refractivity contribution is -0.128. The van der Waals surface area contributed by atoms with Crippen molar-refractivity contribution in [1.29, 1.82) is 0 Å². The maximum absolute atomic E-state index is 13.4. The monoisotopic (exact) mass is 520 g/mol. The van der Waals surface area contributed by atoms with Crippen LogP contribution in [0.3, 0.4) is 0 Å². The molecule has 2 fully saturated rings. The lowest BCUT2D eigenvalue weighted by Crippen LogP contribution is -2.43. The Morgan fingerprint density at radius 3 is 2.34 bits per heavy atom. The van der Waals surface area contributed by atoms with Crippen LogP contribution in [0.5, 0.6) is 11.5 Å². The van der Waals surface area contributed by atoms with Crippen molar-refractivity contribution in [3.8, 4) is 11.5 Å². The third kappa shape index (κ3) is 4.65. The second-order valence-corrected chi connectivity index (χ2v) is 12.3. The number of hydrogen-bond donors (Lipinski definition) is 2. The number of Topliss-reactive ketones (excluding diaryl/α,β-unsaturated/α-hetero) is 1. The number of anilines is 2. The Kier molecular flexibility index (Phi) is 6.89. The highest BCUT2D eigenvalue weighted by Gasteiger charge is 2.65. The molecule has 1 aromatic carbocycles. The molecule has 4 rings (SSSR count). The third-order valence-corrected chi connectivity index (χ3v) is 9.79. The van der Waals surface area contributed by atoms with E-state index in [2.05, 4.69) is 10.0 Å². The molecule has 2 N–H and O–H groups in total. The zero-order valence-corrected chi connectivity index (χ0v) is 22.1. The number of rotatable bonds is 10. The number of thiophene rings is 1. The molecule has 0 aliphatic heterocycles. The number of carbonyl (C=O) groups excluding carboxylic acids is 2. The van der Waals surface area contributed by atoms with Crippen molar-refractivity contribution in [1.82, 2.24) is 0 Å². The number of amides is 1. The van der Waals surface area contributed by atoms with Crippen molar-refractivity contribution >= 4 is 44.4 Å². The van der Waals surface area contributed by atoms with E-state index in [0.717, 1.165) is 6.42 Å². The van der Waals surface area contributed by atoms with Crippen molar-refractivity contribution in [2.45, 2.75) is 47.0 Å². The van der Waals surface area contributed by atoms with Crippen LogP contribution in [-0.4, -0.2) is 39.1 Å². The van der Waals surface area contributed by atoms with E-state index in [1.54, 1.807) is 32.0 Å². The van der Waals surface area contributed by atoms with Crippen LogP contribution in [0.25, 0.3) is 0 Å². The molecule has 0 radical (unpaired) electrons. The fourth-order valence-electron chi connectivity index (χ4n) is 5.52. The molecule has 1 heterocycles. The van der Waals surface area contributed by atoms with E-state index in [1.165, 1.54) is 17.4 Å². The number of sulfonamides is 1. The van der Waals surface area contributed by atoms with Crippen molar-refractivity contribution < 1.29 is 27.5 Å². The summed E-state index contributed by atoms with van der Waals surface area (Å²) in [6.45, 7) is 8.21. The quantitative estimate of drug-likeness (QED) is 0.459. The number of ether oxygens (including phenoxy) is 2. The summed E-state index contributed by atoms with van der Waals surface area (Å²) in [6.07, 6.45) is 1.89. The summed E-state index contributed by atoms with van der Waals surface area (Å²) in [4.78, 5) is 26.0. The van der Waals surface area contributed by atoms with Gasteiger partial charge < -0.3 is 14.8 Å². The van der Waals surface area contributed by atoms with E-state index in [0.29, 0.717) is 35.8 Å². The molecule has 2 atom stereocenters. The zero-order valence-electron chi connectivity index (χ0n) is 20.5. The number of benzene rings is 1. The average molecular weight is 521 g/mol. The van der Waals surface area contributed by atoms with Gasteiger partial charge in [-0.3, -0.25) is 14.3 Å².